The highest BCUT2D eigenvalue weighted by atomic mass is 32.1. The molecule has 0 fully saturated rings. The van der Waals surface area contributed by atoms with E-state index in [4.69, 9.17) is 21.7 Å². The van der Waals surface area contributed by atoms with E-state index in [1.165, 1.54) is 23.3 Å². The Morgan fingerprint density at radius 2 is 1.69 bits per heavy atom. The lowest BCUT2D eigenvalue weighted by atomic mass is 9.93. The van der Waals surface area contributed by atoms with Crippen molar-refractivity contribution in [3.63, 3.8) is 0 Å². The largest absolute Gasteiger partial charge is 0.351 e. The molecule has 36 heavy (non-hydrogen) atoms. The highest BCUT2D eigenvalue weighted by Gasteiger charge is 2.34. The molecule has 4 aromatic rings. The number of aryl methyl sites for hydroxylation is 1. The molecule has 2 heterocycles. The number of nitrogens with one attached hydrogen (secondary N) is 1. The van der Waals surface area contributed by atoms with Crippen molar-refractivity contribution in [2.24, 2.45) is 0 Å². The minimum Gasteiger partial charge on any atom is -0.351 e. The van der Waals surface area contributed by atoms with Gasteiger partial charge in [0.15, 0.2) is 5.11 Å². The number of nitrogens with zero attached hydrogens (tertiary/aromatic N) is 3. The van der Waals surface area contributed by atoms with E-state index in [1.807, 2.05) is 25.1 Å². The number of allylic oxidation sites excluding steroid dienone is 1. The molecule has 0 spiro atoms. The molecular weight excluding hydrogens is 471 g/mol. The van der Waals surface area contributed by atoms with Gasteiger partial charge in [-0.3, -0.25) is 0 Å². The van der Waals surface area contributed by atoms with Crippen LogP contribution in [0.15, 0.2) is 89.1 Å². The fraction of sp³-hybridized carbons (Fsp3) is 0.207. The Balaban J connectivity index is 1.54. The maximum absolute atomic E-state index is 13.4. The van der Waals surface area contributed by atoms with Crippen molar-refractivity contribution < 1.29 is 8.91 Å². The van der Waals surface area contributed by atoms with Gasteiger partial charge in [-0.2, -0.15) is 4.98 Å². The third-order valence-corrected chi connectivity index (χ3v) is 6.88. The van der Waals surface area contributed by atoms with Crippen LogP contribution in [-0.4, -0.2) is 26.7 Å². The third-order valence-electron chi connectivity index (χ3n) is 6.54. The second-order valence-electron chi connectivity index (χ2n) is 8.79. The molecule has 1 aromatic heterocycles. The first-order valence-corrected chi connectivity index (χ1v) is 12.5. The van der Waals surface area contributed by atoms with Gasteiger partial charge in [-0.15, -0.1) is 0 Å². The second kappa shape index (κ2) is 10.4. The molecule has 5 nitrogen and oxygen atoms in total. The summed E-state index contributed by atoms with van der Waals surface area (Å²) < 4.78 is 19.2. The fourth-order valence-electron chi connectivity index (χ4n) is 4.46. The molecule has 1 aliphatic heterocycles. The SMILES string of the molecule is CCc1ccc(C2NC(=S)N(CCc3ccccc3)C(C)=C2c2nc(-c3ccc(F)cc3)no2)cc1. The van der Waals surface area contributed by atoms with Gasteiger partial charge in [0, 0.05) is 17.8 Å². The van der Waals surface area contributed by atoms with E-state index in [-0.39, 0.29) is 11.9 Å². The van der Waals surface area contributed by atoms with E-state index < -0.39 is 0 Å². The second-order valence-corrected chi connectivity index (χ2v) is 9.18. The number of hydrogen-bond donors (Lipinski definition) is 1. The molecule has 1 atom stereocenters. The zero-order valence-corrected chi connectivity index (χ0v) is 21.1. The minimum absolute atomic E-state index is 0.238. The van der Waals surface area contributed by atoms with Crippen LogP contribution >= 0.6 is 12.2 Å². The van der Waals surface area contributed by atoms with Crippen molar-refractivity contribution in [3.05, 3.63) is 113 Å². The topological polar surface area (TPSA) is 54.2 Å². The molecule has 7 heteroatoms. The summed E-state index contributed by atoms with van der Waals surface area (Å²) in [6, 6.07) is 24.7. The quantitative estimate of drug-likeness (QED) is 0.300. The summed E-state index contributed by atoms with van der Waals surface area (Å²) in [5, 5.41) is 8.37. The van der Waals surface area contributed by atoms with Gasteiger partial charge in [-0.25, -0.2) is 4.39 Å². The number of benzene rings is 3. The lowest BCUT2D eigenvalue weighted by Crippen LogP contribution is -2.46. The Bertz CT molecular complexity index is 1380. The van der Waals surface area contributed by atoms with E-state index in [0.717, 1.165) is 29.7 Å². The molecule has 5 rings (SSSR count). The minimum atomic E-state index is -0.310. The number of hydrogen-bond acceptors (Lipinski definition) is 4. The lowest BCUT2D eigenvalue weighted by Gasteiger charge is -2.37. The Morgan fingerprint density at radius 1 is 0.972 bits per heavy atom. The Morgan fingerprint density at radius 3 is 2.39 bits per heavy atom. The van der Waals surface area contributed by atoms with Gasteiger partial charge < -0.3 is 14.7 Å². The third kappa shape index (κ3) is 4.93. The van der Waals surface area contributed by atoms with Crippen LogP contribution in [0.2, 0.25) is 0 Å². The molecule has 3 aromatic carbocycles. The Kier molecular flexibility index (Phi) is 6.91. The van der Waals surface area contributed by atoms with Crippen molar-refractivity contribution in [1.29, 1.82) is 0 Å². The summed E-state index contributed by atoms with van der Waals surface area (Å²) in [5.74, 6) is 0.515. The zero-order chi connectivity index (χ0) is 25.1. The number of thiocarbonyl (C=S) groups is 1. The first-order valence-electron chi connectivity index (χ1n) is 12.0. The molecule has 0 aliphatic carbocycles. The predicted molar refractivity (Wildman–Crippen MR) is 143 cm³/mol. The van der Waals surface area contributed by atoms with Gasteiger partial charge in [0.2, 0.25) is 5.82 Å². The van der Waals surface area contributed by atoms with Crippen molar-refractivity contribution >= 4 is 22.9 Å². The van der Waals surface area contributed by atoms with Crippen LogP contribution in [0.3, 0.4) is 0 Å². The molecule has 1 unspecified atom stereocenters. The van der Waals surface area contributed by atoms with Crippen molar-refractivity contribution in [2.75, 3.05) is 6.54 Å². The first-order chi connectivity index (χ1) is 17.5. The van der Waals surface area contributed by atoms with E-state index in [9.17, 15) is 4.39 Å². The van der Waals surface area contributed by atoms with Crippen LogP contribution in [0.1, 0.15) is 42.5 Å². The molecular formula is C29H27FN4OS. The van der Waals surface area contributed by atoms with Gasteiger partial charge in [0.1, 0.15) is 5.82 Å². The molecule has 1 aliphatic rings. The van der Waals surface area contributed by atoms with Gasteiger partial charge >= 0.3 is 0 Å². The highest BCUT2D eigenvalue weighted by Crippen LogP contribution is 2.37. The summed E-state index contributed by atoms with van der Waals surface area (Å²) in [4.78, 5) is 6.80. The van der Waals surface area contributed by atoms with E-state index in [1.54, 1.807) is 12.1 Å². The van der Waals surface area contributed by atoms with Crippen LogP contribution in [0.5, 0.6) is 0 Å². The molecule has 182 valence electrons. The maximum atomic E-state index is 13.4. The van der Waals surface area contributed by atoms with Gasteiger partial charge in [-0.1, -0.05) is 66.7 Å². The van der Waals surface area contributed by atoms with Gasteiger partial charge in [0.05, 0.1) is 11.6 Å². The number of rotatable bonds is 7. The molecule has 0 radical (unpaired) electrons. The van der Waals surface area contributed by atoms with E-state index in [0.29, 0.717) is 28.9 Å². The Hall–Kier alpha value is -3.84. The average molecular weight is 499 g/mol. The predicted octanol–water partition coefficient (Wildman–Crippen LogP) is 6.34. The summed E-state index contributed by atoms with van der Waals surface area (Å²) in [5.41, 5.74) is 6.10. The number of aromatic nitrogens is 2. The van der Waals surface area contributed by atoms with Crippen LogP contribution in [0.4, 0.5) is 4.39 Å². The number of halogens is 1. The smallest absolute Gasteiger partial charge is 0.258 e. The molecule has 0 amide bonds. The summed E-state index contributed by atoms with van der Waals surface area (Å²) in [6.45, 7) is 4.90. The van der Waals surface area contributed by atoms with Crippen LogP contribution < -0.4 is 5.32 Å². The van der Waals surface area contributed by atoms with Crippen LogP contribution in [-0.2, 0) is 12.8 Å². The van der Waals surface area contributed by atoms with Crippen molar-refractivity contribution in [2.45, 2.75) is 32.7 Å². The monoisotopic (exact) mass is 498 g/mol. The van der Waals surface area contributed by atoms with Crippen LogP contribution in [0.25, 0.3) is 17.0 Å². The summed E-state index contributed by atoms with van der Waals surface area (Å²) in [7, 11) is 0. The highest BCUT2D eigenvalue weighted by molar-refractivity contribution is 7.80. The van der Waals surface area contributed by atoms with Crippen molar-refractivity contribution in [3.8, 4) is 11.4 Å². The molecule has 1 N–H and O–H groups in total. The van der Waals surface area contributed by atoms with Crippen molar-refractivity contribution in [1.82, 2.24) is 20.4 Å². The summed E-state index contributed by atoms with van der Waals surface area (Å²) >= 11 is 5.82. The summed E-state index contributed by atoms with van der Waals surface area (Å²) in [6.07, 6.45) is 1.81. The molecule has 0 saturated heterocycles. The molecule has 0 saturated carbocycles. The van der Waals surface area contributed by atoms with E-state index in [2.05, 4.69) is 58.7 Å². The lowest BCUT2D eigenvalue weighted by molar-refractivity contribution is 0.397. The van der Waals surface area contributed by atoms with Gasteiger partial charge in [-0.05, 0) is 72.9 Å². The average Bonchev–Trinajstić information content (AvgIpc) is 3.39. The molecule has 0 bridgehead atoms. The maximum Gasteiger partial charge on any atom is 0.258 e. The normalized spacial score (nSPS) is 15.8. The Labute approximate surface area is 215 Å². The van der Waals surface area contributed by atoms with E-state index >= 15 is 0 Å². The standard InChI is InChI=1S/C29H27FN4OS/c1-3-20-9-11-22(12-10-20)26-25(28-32-27(33-35-28)23-13-15-24(30)16-14-23)19(2)34(29(36)31-26)18-17-21-7-5-4-6-8-21/h4-16,26H,3,17-18H2,1-2H3,(H,31,36). The first kappa shape index (κ1) is 23.9. The zero-order valence-electron chi connectivity index (χ0n) is 20.2. The van der Waals surface area contributed by atoms with Crippen LogP contribution in [0, 0.1) is 5.82 Å². The fourth-order valence-corrected chi connectivity index (χ4v) is 4.80. The van der Waals surface area contributed by atoms with Gasteiger partial charge in [0.25, 0.3) is 5.89 Å².